The van der Waals surface area contributed by atoms with Crippen molar-refractivity contribution in [3.05, 3.63) is 35.9 Å². The van der Waals surface area contributed by atoms with E-state index in [1.165, 1.54) is 5.56 Å². The van der Waals surface area contributed by atoms with E-state index in [1.807, 2.05) is 25.1 Å². The monoisotopic (exact) mass is 290 g/mol. The zero-order valence-corrected chi connectivity index (χ0v) is 12.9. The first-order chi connectivity index (χ1) is 10.3. The smallest absolute Gasteiger partial charge is 0.234 e. The number of rotatable bonds is 7. The molecular formula is C17H26N2O2. The number of hydrogen-bond acceptors (Lipinski definition) is 3. The Kier molecular flexibility index (Phi) is 6.70. The molecule has 21 heavy (non-hydrogen) atoms. The maximum Gasteiger partial charge on any atom is 0.234 e. The van der Waals surface area contributed by atoms with Crippen molar-refractivity contribution >= 4 is 5.91 Å². The van der Waals surface area contributed by atoms with E-state index in [2.05, 4.69) is 22.3 Å². The lowest BCUT2D eigenvalue weighted by Crippen LogP contribution is -2.40. The summed E-state index contributed by atoms with van der Waals surface area (Å²) < 4.78 is 5.42. The zero-order chi connectivity index (χ0) is 14.9. The summed E-state index contributed by atoms with van der Waals surface area (Å²) in [6, 6.07) is 10.4. The highest BCUT2D eigenvalue weighted by atomic mass is 16.5. The molecule has 1 N–H and O–H groups in total. The highest BCUT2D eigenvalue weighted by Gasteiger charge is 2.19. The third kappa shape index (κ3) is 5.86. The Morgan fingerprint density at radius 3 is 2.67 bits per heavy atom. The summed E-state index contributed by atoms with van der Waals surface area (Å²) in [5.41, 5.74) is 1.26. The average Bonchev–Trinajstić information content (AvgIpc) is 2.49. The van der Waals surface area contributed by atoms with Gasteiger partial charge in [-0.05, 0) is 31.2 Å². The zero-order valence-electron chi connectivity index (χ0n) is 12.9. The quantitative estimate of drug-likeness (QED) is 0.835. The predicted octanol–water partition coefficient (Wildman–Crippen LogP) is 2.05. The number of likely N-dealkylation sites (N-methyl/N-ethyl adjacent to an activating group) is 1. The molecule has 0 aliphatic carbocycles. The second-order valence-corrected chi connectivity index (χ2v) is 5.66. The molecule has 1 amide bonds. The van der Waals surface area contributed by atoms with Crippen LogP contribution in [0.5, 0.6) is 0 Å². The van der Waals surface area contributed by atoms with Crippen LogP contribution in [0.2, 0.25) is 0 Å². The fourth-order valence-electron chi connectivity index (χ4n) is 2.78. The van der Waals surface area contributed by atoms with Crippen LogP contribution in [0.3, 0.4) is 0 Å². The number of benzene rings is 1. The predicted molar refractivity (Wildman–Crippen MR) is 83.9 cm³/mol. The summed E-state index contributed by atoms with van der Waals surface area (Å²) in [5.74, 6) is 0.748. The minimum atomic E-state index is 0.112. The summed E-state index contributed by atoms with van der Waals surface area (Å²) in [6.45, 7) is 6.62. The Labute approximate surface area is 127 Å². The minimum Gasteiger partial charge on any atom is -0.381 e. The largest absolute Gasteiger partial charge is 0.381 e. The van der Waals surface area contributed by atoms with Crippen LogP contribution >= 0.6 is 0 Å². The van der Waals surface area contributed by atoms with Gasteiger partial charge >= 0.3 is 0 Å². The molecule has 1 aliphatic heterocycles. The molecule has 1 aromatic carbocycles. The lowest BCUT2D eigenvalue weighted by molar-refractivity contribution is -0.122. The van der Waals surface area contributed by atoms with E-state index in [9.17, 15) is 4.79 Å². The maximum atomic E-state index is 11.9. The molecule has 1 aromatic rings. The molecule has 1 saturated heterocycles. The van der Waals surface area contributed by atoms with Gasteiger partial charge in [-0.2, -0.15) is 0 Å². The molecule has 0 bridgehead atoms. The SMILES string of the molecule is CCNC(=O)CN(Cc1ccccc1)CC1CCOCC1. The van der Waals surface area contributed by atoms with Crippen molar-refractivity contribution in [1.29, 1.82) is 0 Å². The van der Waals surface area contributed by atoms with E-state index in [0.29, 0.717) is 19.0 Å². The normalized spacial score (nSPS) is 16.1. The van der Waals surface area contributed by atoms with E-state index >= 15 is 0 Å². The average molecular weight is 290 g/mol. The van der Waals surface area contributed by atoms with Crippen LogP contribution in [0, 0.1) is 5.92 Å². The van der Waals surface area contributed by atoms with Crippen molar-refractivity contribution in [2.45, 2.75) is 26.3 Å². The third-order valence-electron chi connectivity index (χ3n) is 3.85. The van der Waals surface area contributed by atoms with Crippen LogP contribution in [-0.4, -0.2) is 43.7 Å². The van der Waals surface area contributed by atoms with Crippen molar-refractivity contribution in [3.63, 3.8) is 0 Å². The van der Waals surface area contributed by atoms with Gasteiger partial charge in [0.15, 0.2) is 0 Å². The maximum absolute atomic E-state index is 11.9. The molecule has 0 unspecified atom stereocenters. The highest BCUT2D eigenvalue weighted by Crippen LogP contribution is 2.17. The Morgan fingerprint density at radius 1 is 1.29 bits per heavy atom. The van der Waals surface area contributed by atoms with E-state index in [-0.39, 0.29) is 5.91 Å². The number of hydrogen-bond donors (Lipinski definition) is 1. The van der Waals surface area contributed by atoms with Crippen molar-refractivity contribution in [1.82, 2.24) is 10.2 Å². The van der Waals surface area contributed by atoms with Gasteiger partial charge in [0.2, 0.25) is 5.91 Å². The van der Waals surface area contributed by atoms with Crippen LogP contribution < -0.4 is 5.32 Å². The number of carbonyl (C=O) groups is 1. The van der Waals surface area contributed by atoms with Crippen molar-refractivity contribution in [2.24, 2.45) is 5.92 Å². The van der Waals surface area contributed by atoms with E-state index in [0.717, 1.165) is 39.1 Å². The molecule has 0 spiro atoms. The number of amides is 1. The summed E-state index contributed by atoms with van der Waals surface area (Å²) >= 11 is 0. The number of nitrogens with zero attached hydrogens (tertiary/aromatic N) is 1. The van der Waals surface area contributed by atoms with Gasteiger partial charge in [0.1, 0.15) is 0 Å². The van der Waals surface area contributed by atoms with Gasteiger partial charge in [0.25, 0.3) is 0 Å². The first kappa shape index (κ1) is 16.0. The fourth-order valence-corrected chi connectivity index (χ4v) is 2.78. The van der Waals surface area contributed by atoms with Crippen molar-refractivity contribution < 1.29 is 9.53 Å². The van der Waals surface area contributed by atoms with Gasteiger partial charge in [-0.25, -0.2) is 0 Å². The van der Waals surface area contributed by atoms with Crippen molar-refractivity contribution in [3.8, 4) is 0 Å². The topological polar surface area (TPSA) is 41.6 Å². The van der Waals surface area contributed by atoms with E-state index in [4.69, 9.17) is 4.74 Å². The lowest BCUT2D eigenvalue weighted by atomic mass is 9.99. The Balaban J connectivity index is 1.93. The number of nitrogens with one attached hydrogen (secondary N) is 1. The standard InChI is InChI=1S/C17H26N2O2/c1-2-18-17(20)14-19(12-15-6-4-3-5-7-15)13-16-8-10-21-11-9-16/h3-7,16H,2,8-14H2,1H3,(H,18,20). The summed E-state index contributed by atoms with van der Waals surface area (Å²) in [7, 11) is 0. The number of carbonyl (C=O) groups excluding carboxylic acids is 1. The molecule has 116 valence electrons. The highest BCUT2D eigenvalue weighted by molar-refractivity contribution is 5.77. The van der Waals surface area contributed by atoms with Crippen LogP contribution in [0.15, 0.2) is 30.3 Å². The van der Waals surface area contributed by atoms with Gasteiger partial charge in [-0.1, -0.05) is 30.3 Å². The molecule has 0 atom stereocenters. The third-order valence-corrected chi connectivity index (χ3v) is 3.85. The molecule has 4 heteroatoms. The Bertz CT molecular complexity index is 416. The van der Waals surface area contributed by atoms with E-state index < -0.39 is 0 Å². The first-order valence-electron chi connectivity index (χ1n) is 7.88. The molecule has 0 aromatic heterocycles. The molecule has 4 nitrogen and oxygen atoms in total. The Morgan fingerprint density at radius 2 is 2.00 bits per heavy atom. The summed E-state index contributed by atoms with van der Waals surface area (Å²) in [4.78, 5) is 14.2. The van der Waals surface area contributed by atoms with Gasteiger partial charge in [-0.3, -0.25) is 9.69 Å². The lowest BCUT2D eigenvalue weighted by Gasteiger charge is -2.29. The summed E-state index contributed by atoms with van der Waals surface area (Å²) in [6.07, 6.45) is 2.20. The number of ether oxygens (including phenoxy) is 1. The molecule has 0 saturated carbocycles. The molecule has 0 radical (unpaired) electrons. The second kappa shape index (κ2) is 8.80. The molecular weight excluding hydrogens is 264 g/mol. The van der Waals surface area contributed by atoms with Crippen molar-refractivity contribution in [2.75, 3.05) is 32.8 Å². The molecule has 2 rings (SSSR count). The fraction of sp³-hybridized carbons (Fsp3) is 0.588. The first-order valence-corrected chi connectivity index (χ1v) is 7.88. The van der Waals surface area contributed by atoms with Gasteiger partial charge in [0.05, 0.1) is 6.54 Å². The molecule has 1 aliphatic rings. The van der Waals surface area contributed by atoms with Gasteiger partial charge < -0.3 is 10.1 Å². The van der Waals surface area contributed by atoms with Gasteiger partial charge in [0, 0.05) is 32.8 Å². The summed E-state index contributed by atoms with van der Waals surface area (Å²) in [5, 5.41) is 2.89. The van der Waals surface area contributed by atoms with Crippen LogP contribution in [-0.2, 0) is 16.1 Å². The second-order valence-electron chi connectivity index (χ2n) is 5.66. The van der Waals surface area contributed by atoms with E-state index in [1.54, 1.807) is 0 Å². The molecule has 1 fully saturated rings. The van der Waals surface area contributed by atoms with Gasteiger partial charge in [-0.15, -0.1) is 0 Å². The minimum absolute atomic E-state index is 0.112. The van der Waals surface area contributed by atoms with Crippen LogP contribution in [0.4, 0.5) is 0 Å². The van der Waals surface area contributed by atoms with Crippen LogP contribution in [0.1, 0.15) is 25.3 Å². The van der Waals surface area contributed by atoms with Crippen LogP contribution in [0.25, 0.3) is 0 Å². The Hall–Kier alpha value is -1.39. The molecule has 1 heterocycles.